The third kappa shape index (κ3) is 6.68. The Labute approximate surface area is 156 Å². The van der Waals surface area contributed by atoms with Gasteiger partial charge >= 0.3 is 0 Å². The number of ether oxygens (including phenoxy) is 2. The van der Waals surface area contributed by atoms with Crippen molar-refractivity contribution in [2.75, 3.05) is 27.2 Å². The first-order valence-electron chi connectivity index (χ1n) is 9.37. The number of rotatable bonds is 9. The first-order valence-corrected chi connectivity index (χ1v) is 9.37. The van der Waals surface area contributed by atoms with Crippen LogP contribution in [-0.2, 0) is 20.7 Å². The Balaban J connectivity index is 1.65. The van der Waals surface area contributed by atoms with E-state index in [0.717, 1.165) is 31.4 Å². The predicted octanol–water partition coefficient (Wildman–Crippen LogP) is 1.57. The summed E-state index contributed by atoms with van der Waals surface area (Å²) in [5.41, 5.74) is 0.955. The maximum Gasteiger partial charge on any atom is 0.249 e. The van der Waals surface area contributed by atoms with Gasteiger partial charge in [0, 0.05) is 32.5 Å². The molecule has 2 rings (SSSR count). The molecule has 0 unspecified atom stereocenters. The minimum Gasteiger partial charge on any atom is -0.383 e. The number of carbonyl (C=O) groups is 1. The minimum atomic E-state index is -1.01. The Kier molecular flexibility index (Phi) is 8.51. The third-order valence-corrected chi connectivity index (χ3v) is 4.90. The zero-order chi connectivity index (χ0) is 18.9. The molecule has 1 fully saturated rings. The summed E-state index contributed by atoms with van der Waals surface area (Å²) < 4.78 is 11.1. The van der Waals surface area contributed by atoms with Crippen molar-refractivity contribution in [3.05, 3.63) is 35.9 Å². The van der Waals surface area contributed by atoms with Crippen molar-refractivity contribution in [2.24, 2.45) is 0 Å². The minimum absolute atomic E-state index is 0.140. The highest BCUT2D eigenvalue weighted by Gasteiger charge is 2.29. The van der Waals surface area contributed by atoms with Crippen molar-refractivity contribution in [3.63, 3.8) is 0 Å². The Morgan fingerprint density at radius 1 is 1.38 bits per heavy atom. The van der Waals surface area contributed by atoms with E-state index >= 15 is 0 Å². The maximum absolute atomic E-state index is 12.0. The van der Waals surface area contributed by atoms with Crippen LogP contribution in [0.15, 0.2) is 30.3 Å². The SMILES string of the molecule is CO[C@H]1C[C@@H](N(C)CCCNC(=O)[C@@H](O)Cc2ccccc2)C[C@@H](C)O1. The summed E-state index contributed by atoms with van der Waals surface area (Å²) in [6, 6.07) is 9.97. The molecule has 0 spiro atoms. The molecule has 1 heterocycles. The molecule has 0 bridgehead atoms. The first-order chi connectivity index (χ1) is 12.5. The Morgan fingerprint density at radius 2 is 2.12 bits per heavy atom. The molecule has 4 atom stereocenters. The van der Waals surface area contributed by atoms with Gasteiger partial charge in [-0.1, -0.05) is 30.3 Å². The van der Waals surface area contributed by atoms with Gasteiger partial charge in [0.15, 0.2) is 6.29 Å². The Bertz CT molecular complexity index is 540. The smallest absolute Gasteiger partial charge is 0.249 e. The molecule has 1 aromatic carbocycles. The molecule has 2 N–H and O–H groups in total. The Hall–Kier alpha value is -1.47. The van der Waals surface area contributed by atoms with E-state index in [2.05, 4.69) is 24.2 Å². The van der Waals surface area contributed by atoms with Crippen LogP contribution in [0.1, 0.15) is 31.7 Å². The summed E-state index contributed by atoms with van der Waals surface area (Å²) in [4.78, 5) is 14.3. The van der Waals surface area contributed by atoms with E-state index in [1.807, 2.05) is 30.3 Å². The van der Waals surface area contributed by atoms with Gasteiger partial charge in [-0.3, -0.25) is 4.79 Å². The number of aliphatic hydroxyl groups excluding tert-OH is 1. The van der Waals surface area contributed by atoms with Crippen LogP contribution in [0, 0.1) is 0 Å². The van der Waals surface area contributed by atoms with Gasteiger partial charge in [-0.25, -0.2) is 0 Å². The van der Waals surface area contributed by atoms with Crippen LogP contribution in [0.5, 0.6) is 0 Å². The fraction of sp³-hybridized carbons (Fsp3) is 0.650. The molecule has 1 aromatic rings. The van der Waals surface area contributed by atoms with Crippen molar-refractivity contribution in [2.45, 2.75) is 57.1 Å². The number of amides is 1. The summed E-state index contributed by atoms with van der Waals surface area (Å²) in [6.07, 6.45) is 2.06. The lowest BCUT2D eigenvalue weighted by molar-refractivity contribution is -0.189. The molecule has 1 amide bonds. The van der Waals surface area contributed by atoms with E-state index in [0.29, 0.717) is 19.0 Å². The zero-order valence-corrected chi connectivity index (χ0v) is 16.1. The number of hydrogen-bond acceptors (Lipinski definition) is 5. The molecule has 0 aliphatic carbocycles. The van der Waals surface area contributed by atoms with E-state index in [4.69, 9.17) is 9.47 Å². The molecular weight excluding hydrogens is 332 g/mol. The standard InChI is InChI=1S/C20H32N2O4/c1-15-12-17(14-19(25-3)26-15)22(2)11-7-10-21-20(24)18(23)13-16-8-5-4-6-9-16/h4-6,8-9,15,17-19,23H,7,10-14H2,1-3H3,(H,21,24)/t15-,17+,18+,19-/m1/s1. The molecule has 1 aliphatic heterocycles. The van der Waals surface area contributed by atoms with Crippen LogP contribution in [0.2, 0.25) is 0 Å². The number of nitrogens with one attached hydrogen (secondary N) is 1. The van der Waals surface area contributed by atoms with Crippen LogP contribution in [0.25, 0.3) is 0 Å². The average molecular weight is 364 g/mol. The summed E-state index contributed by atoms with van der Waals surface area (Å²) in [5, 5.41) is 12.8. The van der Waals surface area contributed by atoms with E-state index < -0.39 is 6.10 Å². The summed E-state index contributed by atoms with van der Waals surface area (Å²) >= 11 is 0. The van der Waals surface area contributed by atoms with E-state index in [1.54, 1.807) is 7.11 Å². The van der Waals surface area contributed by atoms with Gasteiger partial charge in [0.1, 0.15) is 6.10 Å². The summed E-state index contributed by atoms with van der Waals surface area (Å²) in [7, 11) is 3.78. The first kappa shape index (κ1) is 20.8. The second-order valence-corrected chi connectivity index (χ2v) is 7.07. The number of benzene rings is 1. The number of carbonyl (C=O) groups excluding carboxylic acids is 1. The second-order valence-electron chi connectivity index (χ2n) is 7.07. The summed E-state index contributed by atoms with van der Waals surface area (Å²) in [6.45, 7) is 3.50. The average Bonchev–Trinajstić information content (AvgIpc) is 2.65. The van der Waals surface area contributed by atoms with Crippen LogP contribution >= 0.6 is 0 Å². The van der Waals surface area contributed by atoms with Gasteiger partial charge in [0.05, 0.1) is 6.10 Å². The molecule has 0 radical (unpaired) electrons. The number of methoxy groups -OCH3 is 1. The fourth-order valence-electron chi connectivity index (χ4n) is 3.35. The molecule has 26 heavy (non-hydrogen) atoms. The zero-order valence-electron chi connectivity index (χ0n) is 16.1. The lowest BCUT2D eigenvalue weighted by Crippen LogP contribution is -2.44. The Morgan fingerprint density at radius 3 is 2.81 bits per heavy atom. The van der Waals surface area contributed by atoms with Crippen molar-refractivity contribution in [1.29, 1.82) is 0 Å². The van der Waals surface area contributed by atoms with Gasteiger partial charge in [-0.05, 0) is 38.9 Å². The van der Waals surface area contributed by atoms with Gasteiger partial charge in [-0.2, -0.15) is 0 Å². The molecule has 6 heteroatoms. The highest BCUT2D eigenvalue weighted by atomic mass is 16.7. The number of nitrogens with zero attached hydrogens (tertiary/aromatic N) is 1. The molecule has 1 aliphatic rings. The number of aliphatic hydroxyl groups is 1. The number of hydrogen-bond donors (Lipinski definition) is 2. The van der Waals surface area contributed by atoms with Crippen LogP contribution in [0.3, 0.4) is 0 Å². The second kappa shape index (κ2) is 10.6. The van der Waals surface area contributed by atoms with Crippen molar-refractivity contribution < 1.29 is 19.4 Å². The third-order valence-electron chi connectivity index (χ3n) is 4.90. The lowest BCUT2D eigenvalue weighted by atomic mass is 10.0. The van der Waals surface area contributed by atoms with Crippen molar-refractivity contribution in [1.82, 2.24) is 10.2 Å². The molecular formula is C20H32N2O4. The van der Waals surface area contributed by atoms with Gasteiger partial charge in [0.2, 0.25) is 5.91 Å². The van der Waals surface area contributed by atoms with Crippen LogP contribution < -0.4 is 5.32 Å². The molecule has 0 aromatic heterocycles. The molecule has 1 saturated heterocycles. The van der Waals surface area contributed by atoms with E-state index in [-0.39, 0.29) is 18.3 Å². The molecule has 146 valence electrons. The quantitative estimate of drug-likeness (QED) is 0.651. The molecule has 0 saturated carbocycles. The van der Waals surface area contributed by atoms with E-state index in [9.17, 15) is 9.90 Å². The van der Waals surface area contributed by atoms with Crippen LogP contribution in [0.4, 0.5) is 0 Å². The monoisotopic (exact) mass is 364 g/mol. The topological polar surface area (TPSA) is 71.0 Å². The predicted molar refractivity (Wildman–Crippen MR) is 101 cm³/mol. The highest BCUT2D eigenvalue weighted by Crippen LogP contribution is 2.23. The maximum atomic E-state index is 12.0. The van der Waals surface area contributed by atoms with Crippen molar-refractivity contribution in [3.8, 4) is 0 Å². The van der Waals surface area contributed by atoms with Gasteiger partial charge in [-0.15, -0.1) is 0 Å². The summed E-state index contributed by atoms with van der Waals surface area (Å²) in [5.74, 6) is -0.310. The largest absolute Gasteiger partial charge is 0.383 e. The van der Waals surface area contributed by atoms with E-state index in [1.165, 1.54) is 0 Å². The van der Waals surface area contributed by atoms with Crippen LogP contribution in [-0.4, -0.2) is 67.7 Å². The normalized spacial score (nSPS) is 24.4. The molecule has 6 nitrogen and oxygen atoms in total. The van der Waals surface area contributed by atoms with Crippen molar-refractivity contribution >= 4 is 5.91 Å². The highest BCUT2D eigenvalue weighted by molar-refractivity contribution is 5.80. The van der Waals surface area contributed by atoms with Gasteiger partial charge in [0.25, 0.3) is 0 Å². The lowest BCUT2D eigenvalue weighted by Gasteiger charge is -2.38. The van der Waals surface area contributed by atoms with Gasteiger partial charge < -0.3 is 24.8 Å². The fourth-order valence-corrected chi connectivity index (χ4v) is 3.35.